The summed E-state index contributed by atoms with van der Waals surface area (Å²) < 4.78 is 5.10. The highest BCUT2D eigenvalue weighted by molar-refractivity contribution is 6.32. The second kappa shape index (κ2) is 8.36. The summed E-state index contributed by atoms with van der Waals surface area (Å²) in [6.07, 6.45) is 1.60. The largest absolute Gasteiger partial charge is 0.495 e. The number of amides is 1. The first-order valence-electron chi connectivity index (χ1n) is 8.04. The SMILES string of the molecule is COc1ccc(NC(=O)c2cc(NCc3ccccc3)ccn2)cc1Cl. The summed E-state index contributed by atoms with van der Waals surface area (Å²) in [6.45, 7) is 0.667. The highest BCUT2D eigenvalue weighted by Gasteiger charge is 2.10. The van der Waals surface area contributed by atoms with Crippen molar-refractivity contribution in [1.29, 1.82) is 0 Å². The lowest BCUT2D eigenvalue weighted by Gasteiger charge is -2.10. The molecule has 0 aliphatic rings. The van der Waals surface area contributed by atoms with Gasteiger partial charge < -0.3 is 15.4 Å². The first kappa shape index (κ1) is 17.8. The second-order valence-electron chi connectivity index (χ2n) is 5.57. The fourth-order valence-electron chi connectivity index (χ4n) is 2.40. The fourth-order valence-corrected chi connectivity index (χ4v) is 2.66. The van der Waals surface area contributed by atoms with Crippen LogP contribution >= 0.6 is 11.6 Å². The molecule has 0 aliphatic carbocycles. The zero-order valence-corrected chi connectivity index (χ0v) is 15.0. The van der Waals surface area contributed by atoms with Gasteiger partial charge in [0.15, 0.2) is 0 Å². The van der Waals surface area contributed by atoms with Crippen molar-refractivity contribution in [2.24, 2.45) is 0 Å². The van der Waals surface area contributed by atoms with Gasteiger partial charge in [-0.2, -0.15) is 0 Å². The summed E-state index contributed by atoms with van der Waals surface area (Å²) in [4.78, 5) is 16.6. The summed E-state index contributed by atoms with van der Waals surface area (Å²) >= 11 is 6.08. The van der Waals surface area contributed by atoms with Gasteiger partial charge in [0.2, 0.25) is 0 Å². The molecule has 1 amide bonds. The molecule has 0 radical (unpaired) electrons. The lowest BCUT2D eigenvalue weighted by molar-refractivity contribution is 0.102. The number of aromatic nitrogens is 1. The van der Waals surface area contributed by atoms with E-state index in [9.17, 15) is 4.79 Å². The Balaban J connectivity index is 1.67. The second-order valence-corrected chi connectivity index (χ2v) is 5.98. The van der Waals surface area contributed by atoms with Crippen molar-refractivity contribution >= 4 is 28.9 Å². The van der Waals surface area contributed by atoms with E-state index < -0.39 is 0 Å². The molecule has 3 rings (SSSR count). The van der Waals surface area contributed by atoms with E-state index in [1.54, 1.807) is 30.5 Å². The van der Waals surface area contributed by atoms with E-state index in [-0.39, 0.29) is 5.91 Å². The summed E-state index contributed by atoms with van der Waals surface area (Å²) in [5, 5.41) is 6.50. The molecule has 0 atom stereocenters. The molecule has 0 fully saturated rings. The van der Waals surface area contributed by atoms with Crippen molar-refractivity contribution in [1.82, 2.24) is 4.98 Å². The van der Waals surface area contributed by atoms with E-state index in [2.05, 4.69) is 15.6 Å². The van der Waals surface area contributed by atoms with Crippen molar-refractivity contribution in [3.05, 3.63) is 83.1 Å². The smallest absolute Gasteiger partial charge is 0.274 e. The van der Waals surface area contributed by atoms with Crippen LogP contribution in [0.4, 0.5) is 11.4 Å². The molecule has 1 heterocycles. The molecular formula is C20H18ClN3O2. The molecule has 0 saturated carbocycles. The lowest BCUT2D eigenvalue weighted by atomic mass is 10.2. The minimum atomic E-state index is -0.311. The van der Waals surface area contributed by atoms with E-state index >= 15 is 0 Å². The monoisotopic (exact) mass is 367 g/mol. The van der Waals surface area contributed by atoms with Crippen molar-refractivity contribution < 1.29 is 9.53 Å². The van der Waals surface area contributed by atoms with Gasteiger partial charge in [-0.05, 0) is 35.9 Å². The van der Waals surface area contributed by atoms with E-state index in [0.717, 1.165) is 11.3 Å². The van der Waals surface area contributed by atoms with Crippen LogP contribution in [0.25, 0.3) is 0 Å². The van der Waals surface area contributed by atoms with Crippen LogP contribution in [0.5, 0.6) is 5.75 Å². The van der Waals surface area contributed by atoms with Crippen LogP contribution < -0.4 is 15.4 Å². The third kappa shape index (κ3) is 4.52. The molecule has 1 aromatic heterocycles. The number of carbonyl (C=O) groups excluding carboxylic acids is 1. The first-order valence-corrected chi connectivity index (χ1v) is 8.42. The molecule has 0 spiro atoms. The van der Waals surface area contributed by atoms with Gasteiger partial charge in [0.25, 0.3) is 5.91 Å². The Morgan fingerprint density at radius 2 is 1.88 bits per heavy atom. The minimum Gasteiger partial charge on any atom is -0.495 e. The number of benzene rings is 2. The van der Waals surface area contributed by atoms with Gasteiger partial charge in [-0.1, -0.05) is 41.9 Å². The minimum absolute atomic E-state index is 0.311. The quantitative estimate of drug-likeness (QED) is 0.668. The van der Waals surface area contributed by atoms with Gasteiger partial charge in [0.05, 0.1) is 12.1 Å². The summed E-state index contributed by atoms with van der Waals surface area (Å²) in [6, 6.07) is 18.6. The Morgan fingerprint density at radius 3 is 2.62 bits per heavy atom. The molecule has 0 aliphatic heterocycles. The number of nitrogens with one attached hydrogen (secondary N) is 2. The molecule has 6 heteroatoms. The number of halogens is 1. The predicted molar refractivity (Wildman–Crippen MR) is 104 cm³/mol. The Labute approximate surface area is 157 Å². The highest BCUT2D eigenvalue weighted by atomic mass is 35.5. The zero-order valence-electron chi connectivity index (χ0n) is 14.2. The lowest BCUT2D eigenvalue weighted by Crippen LogP contribution is -2.14. The third-order valence-corrected chi connectivity index (χ3v) is 4.04. The third-order valence-electron chi connectivity index (χ3n) is 3.74. The van der Waals surface area contributed by atoms with E-state index in [1.807, 2.05) is 36.4 Å². The van der Waals surface area contributed by atoms with Crippen LogP contribution in [0.15, 0.2) is 66.9 Å². The fraction of sp³-hybridized carbons (Fsp3) is 0.100. The molecule has 2 N–H and O–H groups in total. The number of anilines is 2. The molecular weight excluding hydrogens is 350 g/mol. The number of methoxy groups -OCH3 is 1. The van der Waals surface area contributed by atoms with Crippen molar-refractivity contribution in [3.8, 4) is 5.75 Å². The average molecular weight is 368 g/mol. The van der Waals surface area contributed by atoms with Crippen LogP contribution in [0.1, 0.15) is 16.1 Å². The van der Waals surface area contributed by atoms with Gasteiger partial charge in [-0.3, -0.25) is 9.78 Å². The van der Waals surface area contributed by atoms with Crippen LogP contribution in [0.3, 0.4) is 0 Å². The maximum absolute atomic E-state index is 12.4. The van der Waals surface area contributed by atoms with Crippen LogP contribution in [-0.2, 0) is 6.54 Å². The maximum atomic E-state index is 12.4. The number of rotatable bonds is 6. The predicted octanol–water partition coefficient (Wildman–Crippen LogP) is 4.61. The van der Waals surface area contributed by atoms with Gasteiger partial charge >= 0.3 is 0 Å². The Bertz CT molecular complexity index is 901. The van der Waals surface area contributed by atoms with Crippen LogP contribution in [0.2, 0.25) is 5.02 Å². The van der Waals surface area contributed by atoms with Gasteiger partial charge in [0.1, 0.15) is 11.4 Å². The normalized spacial score (nSPS) is 10.2. The molecule has 0 unspecified atom stereocenters. The molecule has 0 bridgehead atoms. The summed E-state index contributed by atoms with van der Waals surface area (Å²) in [5.74, 6) is 0.240. The van der Waals surface area contributed by atoms with Crippen LogP contribution in [-0.4, -0.2) is 18.0 Å². The van der Waals surface area contributed by atoms with Gasteiger partial charge in [0, 0.05) is 24.1 Å². The Morgan fingerprint density at radius 1 is 1.08 bits per heavy atom. The highest BCUT2D eigenvalue weighted by Crippen LogP contribution is 2.27. The molecule has 3 aromatic rings. The molecule has 5 nitrogen and oxygen atoms in total. The van der Waals surface area contributed by atoms with E-state index in [0.29, 0.717) is 28.7 Å². The summed E-state index contributed by atoms with van der Waals surface area (Å²) in [7, 11) is 1.54. The number of hydrogen-bond acceptors (Lipinski definition) is 4. The zero-order chi connectivity index (χ0) is 18.4. The topological polar surface area (TPSA) is 63.2 Å². The molecule has 26 heavy (non-hydrogen) atoms. The van der Waals surface area contributed by atoms with E-state index in [4.69, 9.17) is 16.3 Å². The maximum Gasteiger partial charge on any atom is 0.274 e. The summed E-state index contributed by atoms with van der Waals surface area (Å²) in [5.41, 5.74) is 2.87. The number of carbonyl (C=O) groups is 1. The number of pyridine rings is 1. The molecule has 2 aromatic carbocycles. The number of nitrogens with zero attached hydrogens (tertiary/aromatic N) is 1. The standard InChI is InChI=1S/C20H18ClN3O2/c1-26-19-8-7-16(11-17(19)21)24-20(25)18-12-15(9-10-22-18)23-13-14-5-3-2-4-6-14/h2-12H,13H2,1H3,(H,22,23)(H,24,25). The molecule has 132 valence electrons. The van der Waals surface area contributed by atoms with Gasteiger partial charge in [-0.15, -0.1) is 0 Å². The van der Waals surface area contributed by atoms with Crippen molar-refractivity contribution in [2.75, 3.05) is 17.7 Å². The Kier molecular flexibility index (Phi) is 5.71. The van der Waals surface area contributed by atoms with E-state index in [1.165, 1.54) is 7.11 Å². The Hall–Kier alpha value is -3.05. The number of hydrogen-bond donors (Lipinski definition) is 2. The van der Waals surface area contributed by atoms with Gasteiger partial charge in [-0.25, -0.2) is 0 Å². The van der Waals surface area contributed by atoms with Crippen molar-refractivity contribution in [3.63, 3.8) is 0 Å². The van der Waals surface area contributed by atoms with Crippen molar-refractivity contribution in [2.45, 2.75) is 6.54 Å². The number of ether oxygens (including phenoxy) is 1. The van der Waals surface area contributed by atoms with Crippen LogP contribution in [0, 0.1) is 0 Å². The first-order chi connectivity index (χ1) is 12.7. The average Bonchev–Trinajstić information content (AvgIpc) is 2.67. The molecule has 0 saturated heterocycles.